The third-order valence-corrected chi connectivity index (χ3v) is 4.31. The molecule has 1 heterocycles. The molecule has 0 spiro atoms. The normalized spacial score (nSPS) is 24.7. The Labute approximate surface area is 110 Å². The second kappa shape index (κ2) is 3.23. The van der Waals surface area contributed by atoms with Gasteiger partial charge in [0.05, 0.1) is 18.7 Å². The molecule has 5 heteroatoms. The predicted octanol–water partition coefficient (Wildman–Crippen LogP) is 2.64. The smallest absolute Gasteiger partial charge is 0.411 e. The van der Waals surface area contributed by atoms with Crippen LogP contribution in [0.15, 0.2) is 23.7 Å². The molecule has 1 aromatic rings. The molecule has 5 nitrogen and oxygen atoms in total. The molecule has 4 rings (SSSR count). The minimum Gasteiger partial charge on any atom is -0.496 e. The van der Waals surface area contributed by atoms with E-state index in [0.717, 1.165) is 40.5 Å². The molecule has 2 unspecified atom stereocenters. The van der Waals surface area contributed by atoms with Gasteiger partial charge in [0.25, 0.3) is 0 Å². The van der Waals surface area contributed by atoms with Gasteiger partial charge in [-0.25, -0.2) is 4.79 Å². The molecule has 1 amide bonds. The van der Waals surface area contributed by atoms with E-state index in [0.29, 0.717) is 0 Å². The Bertz CT molecular complexity index is 649. The van der Waals surface area contributed by atoms with Gasteiger partial charge >= 0.3 is 6.09 Å². The summed E-state index contributed by atoms with van der Waals surface area (Å²) in [5.41, 5.74) is 2.90. The number of hydrogen-bond donors (Lipinski definition) is 1. The Morgan fingerprint density at radius 1 is 1.37 bits per heavy atom. The maximum atomic E-state index is 11.2. The number of fused-ring (bicyclic) bond motifs is 7. The molecule has 0 aromatic heterocycles. The third kappa shape index (κ3) is 1.17. The number of benzene rings is 1. The zero-order valence-corrected chi connectivity index (χ0v) is 10.6. The summed E-state index contributed by atoms with van der Waals surface area (Å²) in [6.45, 7) is 0. The Kier molecular flexibility index (Phi) is 1.82. The number of carbonyl (C=O) groups is 1. The van der Waals surface area contributed by atoms with E-state index < -0.39 is 6.09 Å². The minimum absolute atomic E-state index is 0.210. The number of amides is 1. The van der Waals surface area contributed by atoms with Crippen LogP contribution >= 0.6 is 0 Å². The average molecular weight is 259 g/mol. The van der Waals surface area contributed by atoms with Crippen molar-refractivity contribution in [3.05, 3.63) is 34.8 Å². The van der Waals surface area contributed by atoms with Gasteiger partial charge < -0.3 is 14.6 Å². The van der Waals surface area contributed by atoms with Gasteiger partial charge in [0.15, 0.2) is 11.5 Å². The number of ether oxygens (including phenoxy) is 2. The van der Waals surface area contributed by atoms with Gasteiger partial charge in [-0.2, -0.15) is 0 Å². The lowest BCUT2D eigenvalue weighted by Crippen LogP contribution is -2.25. The zero-order chi connectivity index (χ0) is 13.3. The molecule has 2 atom stereocenters. The van der Waals surface area contributed by atoms with E-state index >= 15 is 0 Å². The molecule has 2 bridgehead atoms. The molecule has 0 saturated heterocycles. The molecule has 0 fully saturated rings. The van der Waals surface area contributed by atoms with Crippen LogP contribution in [-0.4, -0.2) is 25.4 Å². The van der Waals surface area contributed by atoms with Crippen LogP contribution in [0.1, 0.15) is 29.4 Å². The van der Waals surface area contributed by atoms with Gasteiger partial charge in [-0.3, -0.25) is 4.90 Å². The molecule has 2 aliphatic carbocycles. The summed E-state index contributed by atoms with van der Waals surface area (Å²) in [6, 6.07) is 3.66. The van der Waals surface area contributed by atoms with Crippen molar-refractivity contribution < 1.29 is 19.4 Å². The topological polar surface area (TPSA) is 62.3 Å². The van der Waals surface area contributed by atoms with Crippen LogP contribution in [0.4, 0.5) is 10.5 Å². The molecule has 0 saturated carbocycles. The molecule has 1 aromatic carbocycles. The highest BCUT2D eigenvalue weighted by molar-refractivity contribution is 5.88. The number of rotatable bonds is 2. The maximum absolute atomic E-state index is 11.2. The Morgan fingerprint density at radius 3 is 2.68 bits per heavy atom. The Balaban J connectivity index is 1.92. The highest BCUT2D eigenvalue weighted by Gasteiger charge is 2.56. The molecule has 19 heavy (non-hydrogen) atoms. The quantitative estimate of drug-likeness (QED) is 0.886. The van der Waals surface area contributed by atoms with E-state index in [1.807, 2.05) is 12.1 Å². The number of methoxy groups -OCH3 is 1. The standard InChI is InChI=1S/C14H13NO4/c1-15(14(16)17)8-3-4-9(18-2)11-7-5-6(10(8)11)12-13(7)19-12/h3-4,6-7H,5H2,1-2H3,(H,16,17). The lowest BCUT2D eigenvalue weighted by molar-refractivity contribution is 0.203. The highest BCUT2D eigenvalue weighted by atomic mass is 16.6. The first kappa shape index (κ1) is 10.7. The van der Waals surface area contributed by atoms with Crippen molar-refractivity contribution in [3.8, 4) is 5.75 Å². The van der Waals surface area contributed by atoms with E-state index in [1.54, 1.807) is 14.2 Å². The van der Waals surface area contributed by atoms with Crippen LogP contribution in [0.3, 0.4) is 0 Å². The summed E-state index contributed by atoms with van der Waals surface area (Å²) >= 11 is 0. The number of nitrogens with zero attached hydrogens (tertiary/aromatic N) is 1. The van der Waals surface area contributed by atoms with Crippen LogP contribution in [0, 0.1) is 0 Å². The second-order valence-corrected chi connectivity index (χ2v) is 5.13. The zero-order valence-electron chi connectivity index (χ0n) is 10.6. The van der Waals surface area contributed by atoms with Gasteiger partial charge in [0.1, 0.15) is 5.75 Å². The SMILES string of the molecule is COc1ccc(N(C)C(=O)O)c2c1C1CC2C2=C1O2. The second-order valence-electron chi connectivity index (χ2n) is 5.13. The monoisotopic (exact) mass is 259 g/mol. The summed E-state index contributed by atoms with van der Waals surface area (Å²) in [6.07, 6.45) is 0.0296. The minimum atomic E-state index is -0.957. The molecule has 3 aliphatic rings. The lowest BCUT2D eigenvalue weighted by Gasteiger charge is -2.21. The van der Waals surface area contributed by atoms with E-state index in [4.69, 9.17) is 9.47 Å². The maximum Gasteiger partial charge on any atom is 0.411 e. The van der Waals surface area contributed by atoms with Gasteiger partial charge in [-0.05, 0) is 24.1 Å². The molecular weight excluding hydrogens is 246 g/mol. The van der Waals surface area contributed by atoms with Crippen molar-refractivity contribution in [2.75, 3.05) is 19.1 Å². The fourth-order valence-electron chi connectivity index (χ4n) is 3.43. The Hall–Kier alpha value is -2.17. The molecule has 98 valence electrons. The van der Waals surface area contributed by atoms with E-state index in [-0.39, 0.29) is 11.8 Å². The van der Waals surface area contributed by atoms with Crippen molar-refractivity contribution >= 4 is 11.8 Å². The first-order valence-electron chi connectivity index (χ1n) is 6.22. The molecule has 1 aliphatic heterocycles. The van der Waals surface area contributed by atoms with E-state index in [1.165, 1.54) is 4.90 Å². The molecule has 1 N–H and O–H groups in total. The average Bonchev–Trinajstić information content (AvgIpc) is 3.02. The van der Waals surface area contributed by atoms with Gasteiger partial charge in [-0.1, -0.05) is 0 Å². The van der Waals surface area contributed by atoms with Crippen LogP contribution in [0.25, 0.3) is 0 Å². The van der Waals surface area contributed by atoms with Crippen molar-refractivity contribution in [1.82, 2.24) is 0 Å². The van der Waals surface area contributed by atoms with Gasteiger partial charge in [0.2, 0.25) is 0 Å². The number of allylic oxidation sites excluding steroid dienone is 2. The number of carboxylic acid groups (broad SMARTS) is 1. The molecular formula is C14H13NO4. The lowest BCUT2D eigenvalue weighted by atomic mass is 9.94. The predicted molar refractivity (Wildman–Crippen MR) is 67.6 cm³/mol. The summed E-state index contributed by atoms with van der Waals surface area (Å²) in [4.78, 5) is 12.5. The fraction of sp³-hybridized carbons (Fsp3) is 0.357. The highest BCUT2D eigenvalue weighted by Crippen LogP contribution is 2.67. The number of hydrogen-bond acceptors (Lipinski definition) is 3. The first-order chi connectivity index (χ1) is 9.13. The van der Waals surface area contributed by atoms with E-state index in [9.17, 15) is 9.90 Å². The largest absolute Gasteiger partial charge is 0.496 e. The summed E-state index contributed by atoms with van der Waals surface area (Å²) in [5, 5.41) is 9.19. The fourth-order valence-corrected chi connectivity index (χ4v) is 3.43. The van der Waals surface area contributed by atoms with E-state index in [2.05, 4.69) is 0 Å². The van der Waals surface area contributed by atoms with Crippen molar-refractivity contribution in [2.24, 2.45) is 0 Å². The van der Waals surface area contributed by atoms with Gasteiger partial charge in [-0.15, -0.1) is 0 Å². The van der Waals surface area contributed by atoms with Crippen LogP contribution < -0.4 is 9.64 Å². The summed E-state index contributed by atoms with van der Waals surface area (Å²) in [5.74, 6) is 3.41. The molecule has 0 radical (unpaired) electrons. The van der Waals surface area contributed by atoms with Crippen molar-refractivity contribution in [3.63, 3.8) is 0 Å². The Morgan fingerprint density at radius 2 is 2.05 bits per heavy atom. The first-order valence-corrected chi connectivity index (χ1v) is 6.22. The van der Waals surface area contributed by atoms with Crippen LogP contribution in [-0.2, 0) is 4.74 Å². The third-order valence-electron chi connectivity index (χ3n) is 4.31. The summed E-state index contributed by atoms with van der Waals surface area (Å²) < 4.78 is 11.0. The van der Waals surface area contributed by atoms with Crippen molar-refractivity contribution in [1.29, 1.82) is 0 Å². The summed E-state index contributed by atoms with van der Waals surface area (Å²) in [7, 11) is 3.21. The number of anilines is 1. The van der Waals surface area contributed by atoms with Crippen LogP contribution in [0.2, 0.25) is 0 Å². The van der Waals surface area contributed by atoms with Crippen molar-refractivity contribution in [2.45, 2.75) is 18.3 Å². The van der Waals surface area contributed by atoms with Crippen LogP contribution in [0.5, 0.6) is 5.75 Å². The van der Waals surface area contributed by atoms with Gasteiger partial charge in [0, 0.05) is 18.5 Å².